The Morgan fingerprint density at radius 2 is 2.35 bits per heavy atom. The summed E-state index contributed by atoms with van der Waals surface area (Å²) in [6, 6.07) is 2.67. The lowest BCUT2D eigenvalue weighted by Crippen LogP contribution is -2.05. The van der Waals surface area contributed by atoms with Gasteiger partial charge in [0, 0.05) is 12.1 Å². The van der Waals surface area contributed by atoms with E-state index in [0.29, 0.717) is 18.1 Å². The Hall–Kier alpha value is -2.38. The summed E-state index contributed by atoms with van der Waals surface area (Å²) in [4.78, 5) is 0. The number of ether oxygens (including phenoxy) is 1. The van der Waals surface area contributed by atoms with E-state index in [1.54, 1.807) is 0 Å². The van der Waals surface area contributed by atoms with E-state index in [-0.39, 0.29) is 11.4 Å². The van der Waals surface area contributed by atoms with Crippen LogP contribution >= 0.6 is 0 Å². The monoisotopic (exact) mass is 238 g/mol. The molecule has 0 saturated carbocycles. The lowest BCUT2D eigenvalue weighted by molar-refractivity contribution is 0.387. The first-order chi connectivity index (χ1) is 8.20. The number of H-pyrrole nitrogens is 1. The fourth-order valence-corrected chi connectivity index (χ4v) is 1.31. The van der Waals surface area contributed by atoms with Crippen molar-refractivity contribution in [2.45, 2.75) is 6.54 Å². The molecule has 2 rings (SSSR count). The van der Waals surface area contributed by atoms with Gasteiger partial charge in [-0.25, -0.2) is 4.39 Å². The molecule has 8 heteroatoms. The summed E-state index contributed by atoms with van der Waals surface area (Å²) in [5, 5.41) is 16.2. The van der Waals surface area contributed by atoms with Gasteiger partial charge in [0.25, 0.3) is 0 Å². The molecule has 1 aromatic heterocycles. The standard InChI is InChI=1S/C9H11FN6O/c1-17-8-3-7(6(11)2-5(8)10)12-4-9-13-15-16-14-9/h2-3,12H,4,11H2,1H3,(H,13,14,15,16). The van der Waals surface area contributed by atoms with Crippen molar-refractivity contribution in [1.29, 1.82) is 0 Å². The molecule has 90 valence electrons. The van der Waals surface area contributed by atoms with Gasteiger partial charge in [0.1, 0.15) is 0 Å². The van der Waals surface area contributed by atoms with Crippen LogP contribution < -0.4 is 15.8 Å². The highest BCUT2D eigenvalue weighted by atomic mass is 19.1. The van der Waals surface area contributed by atoms with Crippen molar-refractivity contribution < 1.29 is 9.13 Å². The normalized spacial score (nSPS) is 10.2. The van der Waals surface area contributed by atoms with Crippen LogP contribution in [0.15, 0.2) is 12.1 Å². The number of hydrogen-bond acceptors (Lipinski definition) is 6. The van der Waals surface area contributed by atoms with E-state index in [0.717, 1.165) is 0 Å². The van der Waals surface area contributed by atoms with E-state index in [9.17, 15) is 4.39 Å². The Morgan fingerprint density at radius 1 is 1.53 bits per heavy atom. The molecule has 0 fully saturated rings. The maximum absolute atomic E-state index is 13.3. The van der Waals surface area contributed by atoms with E-state index >= 15 is 0 Å². The van der Waals surface area contributed by atoms with Gasteiger partial charge in [0.05, 0.1) is 25.0 Å². The maximum atomic E-state index is 13.3. The quantitative estimate of drug-likeness (QED) is 0.672. The molecule has 0 atom stereocenters. The van der Waals surface area contributed by atoms with E-state index < -0.39 is 5.82 Å². The second-order valence-corrected chi connectivity index (χ2v) is 3.26. The fourth-order valence-electron chi connectivity index (χ4n) is 1.31. The SMILES string of the molecule is COc1cc(NCc2nn[nH]n2)c(N)cc1F. The van der Waals surface area contributed by atoms with Gasteiger partial charge in [-0.3, -0.25) is 0 Å². The fraction of sp³-hybridized carbons (Fsp3) is 0.222. The lowest BCUT2D eigenvalue weighted by Gasteiger charge is -2.10. The molecular formula is C9H11FN6O. The number of hydrogen-bond donors (Lipinski definition) is 3. The molecule has 0 bridgehead atoms. The van der Waals surface area contributed by atoms with Gasteiger partial charge >= 0.3 is 0 Å². The lowest BCUT2D eigenvalue weighted by atomic mass is 10.2. The topological polar surface area (TPSA) is 102 Å². The summed E-state index contributed by atoms with van der Waals surface area (Å²) in [5.74, 6) is 0.0950. The smallest absolute Gasteiger partial charge is 0.193 e. The van der Waals surface area contributed by atoms with Crippen molar-refractivity contribution in [2.75, 3.05) is 18.2 Å². The Bertz CT molecular complexity index is 500. The first-order valence-corrected chi connectivity index (χ1v) is 4.80. The summed E-state index contributed by atoms with van der Waals surface area (Å²) in [5.41, 5.74) is 6.50. The third-order valence-electron chi connectivity index (χ3n) is 2.15. The van der Waals surface area contributed by atoms with E-state index in [2.05, 4.69) is 25.9 Å². The van der Waals surface area contributed by atoms with Crippen LogP contribution in [-0.2, 0) is 6.54 Å². The zero-order valence-corrected chi connectivity index (χ0v) is 9.07. The molecule has 0 aliphatic rings. The summed E-state index contributed by atoms with van der Waals surface area (Å²) in [7, 11) is 1.39. The summed E-state index contributed by atoms with van der Waals surface area (Å²) in [6.45, 7) is 0.329. The van der Waals surface area contributed by atoms with Crippen LogP contribution in [0.5, 0.6) is 5.75 Å². The van der Waals surface area contributed by atoms with Gasteiger partial charge in [0.2, 0.25) is 0 Å². The zero-order valence-electron chi connectivity index (χ0n) is 9.07. The zero-order chi connectivity index (χ0) is 12.3. The molecule has 17 heavy (non-hydrogen) atoms. The van der Waals surface area contributed by atoms with Crippen molar-refractivity contribution in [3.63, 3.8) is 0 Å². The number of anilines is 2. The molecule has 0 amide bonds. The first kappa shape index (κ1) is 11.1. The number of aromatic amines is 1. The molecule has 4 N–H and O–H groups in total. The molecule has 0 aliphatic carbocycles. The van der Waals surface area contributed by atoms with Crippen molar-refractivity contribution in [3.8, 4) is 5.75 Å². The Morgan fingerprint density at radius 3 is 3.00 bits per heavy atom. The predicted octanol–water partition coefficient (Wildman–Crippen LogP) is 0.542. The van der Waals surface area contributed by atoms with Crippen LogP contribution in [0.25, 0.3) is 0 Å². The Labute approximate surface area is 96.2 Å². The van der Waals surface area contributed by atoms with Crippen LogP contribution in [-0.4, -0.2) is 27.7 Å². The van der Waals surface area contributed by atoms with Crippen LogP contribution in [0.4, 0.5) is 15.8 Å². The Kier molecular flexibility index (Phi) is 3.03. The largest absolute Gasteiger partial charge is 0.494 e. The highest BCUT2D eigenvalue weighted by Crippen LogP contribution is 2.27. The van der Waals surface area contributed by atoms with E-state index in [1.807, 2.05) is 0 Å². The predicted molar refractivity (Wildman–Crippen MR) is 58.9 cm³/mol. The molecule has 2 aromatic rings. The van der Waals surface area contributed by atoms with Gasteiger partial charge in [-0.15, -0.1) is 10.2 Å². The minimum absolute atomic E-state index is 0.120. The number of aromatic nitrogens is 4. The molecule has 0 spiro atoms. The molecule has 1 aromatic carbocycles. The molecule has 0 radical (unpaired) electrons. The van der Waals surface area contributed by atoms with E-state index in [1.165, 1.54) is 19.2 Å². The van der Waals surface area contributed by atoms with Crippen LogP contribution in [0.1, 0.15) is 5.82 Å². The highest BCUT2D eigenvalue weighted by molar-refractivity contribution is 5.68. The molecule has 1 heterocycles. The average Bonchev–Trinajstić information content (AvgIpc) is 2.81. The van der Waals surface area contributed by atoms with Crippen molar-refractivity contribution in [2.24, 2.45) is 0 Å². The van der Waals surface area contributed by atoms with Crippen LogP contribution in [0.3, 0.4) is 0 Å². The number of nitrogen functional groups attached to an aromatic ring is 1. The van der Waals surface area contributed by atoms with Gasteiger partial charge < -0.3 is 15.8 Å². The van der Waals surface area contributed by atoms with Gasteiger partial charge in [-0.1, -0.05) is 5.21 Å². The maximum Gasteiger partial charge on any atom is 0.193 e. The molecule has 7 nitrogen and oxygen atoms in total. The molecule has 0 aliphatic heterocycles. The average molecular weight is 238 g/mol. The summed E-state index contributed by atoms with van der Waals surface area (Å²) in [6.07, 6.45) is 0. The number of halogens is 1. The number of nitrogens with zero attached hydrogens (tertiary/aromatic N) is 3. The van der Waals surface area contributed by atoms with Crippen molar-refractivity contribution in [3.05, 3.63) is 23.8 Å². The molecule has 0 unspecified atom stereocenters. The Balaban J connectivity index is 2.15. The van der Waals surface area contributed by atoms with Gasteiger partial charge in [-0.2, -0.15) is 5.21 Å². The minimum Gasteiger partial charge on any atom is -0.494 e. The van der Waals surface area contributed by atoms with Crippen molar-refractivity contribution in [1.82, 2.24) is 20.6 Å². The number of benzene rings is 1. The summed E-state index contributed by atoms with van der Waals surface area (Å²) >= 11 is 0. The second-order valence-electron chi connectivity index (χ2n) is 3.26. The second kappa shape index (κ2) is 4.64. The minimum atomic E-state index is -0.505. The number of rotatable bonds is 4. The number of nitrogens with one attached hydrogen (secondary N) is 2. The number of nitrogens with two attached hydrogens (primary N) is 1. The van der Waals surface area contributed by atoms with Crippen molar-refractivity contribution >= 4 is 11.4 Å². The van der Waals surface area contributed by atoms with Crippen LogP contribution in [0, 0.1) is 5.82 Å². The third-order valence-corrected chi connectivity index (χ3v) is 2.15. The van der Waals surface area contributed by atoms with Gasteiger partial charge in [0.15, 0.2) is 17.4 Å². The number of methoxy groups -OCH3 is 1. The first-order valence-electron chi connectivity index (χ1n) is 4.80. The molecule has 0 saturated heterocycles. The van der Waals surface area contributed by atoms with E-state index in [4.69, 9.17) is 10.5 Å². The molecular weight excluding hydrogens is 227 g/mol. The number of tetrazole rings is 1. The third kappa shape index (κ3) is 2.41. The van der Waals surface area contributed by atoms with Gasteiger partial charge in [-0.05, 0) is 0 Å². The van der Waals surface area contributed by atoms with Crippen LogP contribution in [0.2, 0.25) is 0 Å². The summed E-state index contributed by atoms with van der Waals surface area (Å²) < 4.78 is 18.1. The highest BCUT2D eigenvalue weighted by Gasteiger charge is 2.08.